The first-order valence-corrected chi connectivity index (χ1v) is 8.31. The fourth-order valence-corrected chi connectivity index (χ4v) is 2.93. The van der Waals surface area contributed by atoms with Crippen LogP contribution in [0.1, 0.15) is 12.0 Å². The first-order valence-electron chi connectivity index (χ1n) is 8.31. The molecule has 0 unspecified atom stereocenters. The molecule has 1 heterocycles. The molecule has 0 saturated carbocycles. The Bertz CT molecular complexity index is 637. The average Bonchev–Trinajstić information content (AvgIpc) is 2.57. The van der Waals surface area contributed by atoms with Crippen molar-refractivity contribution >= 4 is 11.8 Å². The van der Waals surface area contributed by atoms with Crippen LogP contribution < -0.4 is 5.32 Å². The van der Waals surface area contributed by atoms with Gasteiger partial charge in [-0.2, -0.15) is 0 Å². The molecule has 6 heteroatoms. The summed E-state index contributed by atoms with van der Waals surface area (Å²) in [6.45, 7) is 9.67. The van der Waals surface area contributed by atoms with Crippen LogP contribution in [0.4, 0.5) is 4.39 Å². The van der Waals surface area contributed by atoms with E-state index in [2.05, 4.69) is 18.5 Å². The van der Waals surface area contributed by atoms with Crippen molar-refractivity contribution in [2.75, 3.05) is 26.2 Å². The number of halogens is 1. The molecule has 0 aromatic heterocycles. The van der Waals surface area contributed by atoms with Gasteiger partial charge in [-0.1, -0.05) is 24.3 Å². The van der Waals surface area contributed by atoms with Gasteiger partial charge >= 0.3 is 0 Å². The van der Waals surface area contributed by atoms with Crippen LogP contribution >= 0.6 is 0 Å². The second kappa shape index (κ2) is 9.13. The molecule has 1 aromatic rings. The van der Waals surface area contributed by atoms with Gasteiger partial charge in [0.15, 0.2) is 0 Å². The monoisotopic (exact) mass is 345 g/mol. The minimum absolute atomic E-state index is 0.0723. The molecular formula is C19H24FN3O2. The van der Waals surface area contributed by atoms with Crippen molar-refractivity contribution < 1.29 is 14.0 Å². The summed E-state index contributed by atoms with van der Waals surface area (Å²) in [6, 6.07) is 5.73. The van der Waals surface area contributed by atoms with Crippen LogP contribution in [0.15, 0.2) is 49.6 Å². The van der Waals surface area contributed by atoms with E-state index >= 15 is 0 Å². The highest BCUT2D eigenvalue weighted by Crippen LogP contribution is 2.16. The summed E-state index contributed by atoms with van der Waals surface area (Å²) in [5.74, 6) is -0.617. The summed E-state index contributed by atoms with van der Waals surface area (Å²) >= 11 is 0. The molecule has 1 aromatic carbocycles. The van der Waals surface area contributed by atoms with Crippen LogP contribution in [0, 0.1) is 5.82 Å². The van der Waals surface area contributed by atoms with Crippen molar-refractivity contribution in [2.24, 2.45) is 0 Å². The van der Waals surface area contributed by atoms with Crippen LogP contribution in [-0.2, 0) is 16.1 Å². The Labute approximate surface area is 147 Å². The maximum Gasteiger partial charge on any atom is 0.237 e. The highest BCUT2D eigenvalue weighted by atomic mass is 19.1. The topological polar surface area (TPSA) is 52.7 Å². The van der Waals surface area contributed by atoms with Gasteiger partial charge in [0.25, 0.3) is 0 Å². The smallest absolute Gasteiger partial charge is 0.237 e. The third kappa shape index (κ3) is 5.26. The number of piperazine rings is 1. The molecule has 2 amide bonds. The maximum atomic E-state index is 13.4. The zero-order valence-electron chi connectivity index (χ0n) is 14.3. The lowest BCUT2D eigenvalue weighted by Gasteiger charge is -2.35. The summed E-state index contributed by atoms with van der Waals surface area (Å²) in [5.41, 5.74) is 0.779. The second-order valence-corrected chi connectivity index (χ2v) is 5.99. The lowest BCUT2D eigenvalue weighted by molar-refractivity contribution is -0.138. The third-order valence-corrected chi connectivity index (χ3v) is 4.14. The predicted molar refractivity (Wildman–Crippen MR) is 95.2 cm³/mol. The molecule has 0 bridgehead atoms. The minimum Gasteiger partial charge on any atom is -0.353 e. The summed E-state index contributed by atoms with van der Waals surface area (Å²) in [7, 11) is 0. The maximum absolute atomic E-state index is 13.4. The van der Waals surface area contributed by atoms with Gasteiger partial charge in [0, 0.05) is 32.7 Å². The van der Waals surface area contributed by atoms with Gasteiger partial charge in [-0.25, -0.2) is 4.39 Å². The van der Waals surface area contributed by atoms with Gasteiger partial charge in [-0.05, 0) is 17.7 Å². The lowest BCUT2D eigenvalue weighted by Crippen LogP contribution is -2.56. The molecule has 134 valence electrons. The minimum atomic E-state index is -0.568. The van der Waals surface area contributed by atoms with Crippen molar-refractivity contribution in [3.63, 3.8) is 0 Å². The van der Waals surface area contributed by atoms with E-state index in [1.54, 1.807) is 23.1 Å². The number of rotatable bonds is 8. The highest BCUT2D eigenvalue weighted by Gasteiger charge is 2.32. The van der Waals surface area contributed by atoms with Gasteiger partial charge in [-0.15, -0.1) is 13.2 Å². The number of carbonyl (C=O) groups excluding carboxylic acids is 2. The molecule has 5 nitrogen and oxygen atoms in total. The van der Waals surface area contributed by atoms with Gasteiger partial charge in [0.05, 0.1) is 12.5 Å². The Morgan fingerprint density at radius 2 is 2.08 bits per heavy atom. The van der Waals surface area contributed by atoms with E-state index in [4.69, 9.17) is 0 Å². The highest BCUT2D eigenvalue weighted by molar-refractivity contribution is 5.89. The van der Waals surface area contributed by atoms with E-state index in [9.17, 15) is 14.0 Å². The molecule has 0 aliphatic carbocycles. The van der Waals surface area contributed by atoms with Crippen molar-refractivity contribution in [1.29, 1.82) is 0 Å². The van der Waals surface area contributed by atoms with Crippen LogP contribution in [-0.4, -0.2) is 53.8 Å². The fourth-order valence-electron chi connectivity index (χ4n) is 2.93. The molecule has 2 rings (SSSR count). The Kier molecular flexibility index (Phi) is 6.89. The van der Waals surface area contributed by atoms with Gasteiger partial charge in [0.1, 0.15) is 5.82 Å². The van der Waals surface area contributed by atoms with E-state index in [0.717, 1.165) is 5.56 Å². The van der Waals surface area contributed by atoms with Gasteiger partial charge in [-0.3, -0.25) is 14.5 Å². The molecule has 25 heavy (non-hydrogen) atoms. The van der Waals surface area contributed by atoms with E-state index in [-0.39, 0.29) is 24.1 Å². The number of carbonyl (C=O) groups is 2. The van der Waals surface area contributed by atoms with E-state index in [1.165, 1.54) is 12.1 Å². The molecular weight excluding hydrogens is 321 g/mol. The Morgan fingerprint density at radius 1 is 1.36 bits per heavy atom. The normalized spacial score (nSPS) is 17.6. The first kappa shape index (κ1) is 18.9. The zero-order chi connectivity index (χ0) is 18.2. The quantitative estimate of drug-likeness (QED) is 0.730. The van der Waals surface area contributed by atoms with Crippen molar-refractivity contribution in [1.82, 2.24) is 15.1 Å². The molecule has 1 aliphatic heterocycles. The third-order valence-electron chi connectivity index (χ3n) is 4.14. The Morgan fingerprint density at radius 3 is 2.72 bits per heavy atom. The number of nitrogens with one attached hydrogen (secondary N) is 1. The van der Waals surface area contributed by atoms with Crippen LogP contribution in [0.2, 0.25) is 0 Å². The number of benzene rings is 1. The van der Waals surface area contributed by atoms with Crippen LogP contribution in [0.5, 0.6) is 0 Å². The Balaban J connectivity index is 2.10. The molecule has 1 fully saturated rings. The Hall–Kier alpha value is -2.47. The molecule has 1 N–H and O–H groups in total. The number of hydrogen-bond acceptors (Lipinski definition) is 3. The predicted octanol–water partition coefficient (Wildman–Crippen LogP) is 1.72. The second-order valence-electron chi connectivity index (χ2n) is 5.99. The number of nitrogens with zero attached hydrogens (tertiary/aromatic N) is 2. The van der Waals surface area contributed by atoms with Crippen LogP contribution in [0.3, 0.4) is 0 Å². The fraction of sp³-hybridized carbons (Fsp3) is 0.368. The van der Waals surface area contributed by atoms with E-state index in [0.29, 0.717) is 32.7 Å². The summed E-state index contributed by atoms with van der Waals surface area (Å²) in [6.07, 6.45) is 3.36. The molecule has 0 spiro atoms. The van der Waals surface area contributed by atoms with Gasteiger partial charge < -0.3 is 10.2 Å². The standard InChI is InChI=1S/C19H24FN3O2/c1-3-9-22(10-4-2)18(24)13-17-19(25)21-8-11-23(17)14-15-6-5-7-16(20)12-15/h3-7,12,17H,1-2,8-11,13-14H2,(H,21,25)/t17-/m0/s1. The van der Waals surface area contributed by atoms with Crippen molar-refractivity contribution in [2.45, 2.75) is 19.0 Å². The van der Waals surface area contributed by atoms with Crippen molar-refractivity contribution in [3.05, 3.63) is 61.0 Å². The molecule has 1 saturated heterocycles. The van der Waals surface area contributed by atoms with E-state index < -0.39 is 6.04 Å². The van der Waals surface area contributed by atoms with Crippen LogP contribution in [0.25, 0.3) is 0 Å². The van der Waals surface area contributed by atoms with Crippen molar-refractivity contribution in [3.8, 4) is 0 Å². The first-order chi connectivity index (χ1) is 12.0. The largest absolute Gasteiger partial charge is 0.353 e. The molecule has 1 atom stereocenters. The summed E-state index contributed by atoms with van der Waals surface area (Å²) < 4.78 is 13.4. The SMILES string of the molecule is C=CCN(CC=C)C(=O)C[C@H]1C(=O)NCCN1Cc1cccc(F)c1. The molecule has 0 radical (unpaired) electrons. The number of amides is 2. The number of hydrogen-bond donors (Lipinski definition) is 1. The zero-order valence-corrected chi connectivity index (χ0v) is 14.3. The van der Waals surface area contributed by atoms with Gasteiger partial charge in [0.2, 0.25) is 11.8 Å². The van der Waals surface area contributed by atoms with E-state index in [1.807, 2.05) is 11.0 Å². The molecule has 1 aliphatic rings. The summed E-state index contributed by atoms with van der Waals surface area (Å²) in [5, 5.41) is 2.80. The summed E-state index contributed by atoms with van der Waals surface area (Å²) in [4.78, 5) is 28.4. The average molecular weight is 345 g/mol. The lowest BCUT2D eigenvalue weighted by atomic mass is 10.1.